The maximum atomic E-state index is 13.1. The van der Waals surface area contributed by atoms with Gasteiger partial charge in [-0.3, -0.25) is 9.59 Å². The minimum atomic E-state index is -0.780. The largest absolute Gasteiger partial charge is 0.489 e. The van der Waals surface area contributed by atoms with Gasteiger partial charge in [0.1, 0.15) is 18.4 Å². The van der Waals surface area contributed by atoms with Gasteiger partial charge in [-0.2, -0.15) is 0 Å². The molecule has 2 amide bonds. The SMILES string of the molecule is Cc1ccccc1-c1c[nH]c2ccc(C(=O)N[C@H]3COc4ccccc4N(C)C3=O)cc12. The van der Waals surface area contributed by atoms with Crippen molar-refractivity contribution in [2.45, 2.75) is 13.0 Å². The molecule has 0 spiro atoms. The zero-order valence-electron chi connectivity index (χ0n) is 17.9. The Morgan fingerprint density at radius 2 is 1.84 bits per heavy atom. The summed E-state index contributed by atoms with van der Waals surface area (Å²) < 4.78 is 5.80. The molecule has 0 unspecified atom stereocenters. The number of carbonyl (C=O) groups is 2. The van der Waals surface area contributed by atoms with E-state index in [9.17, 15) is 9.59 Å². The highest BCUT2D eigenvalue weighted by Crippen LogP contribution is 2.32. The molecule has 6 heteroatoms. The van der Waals surface area contributed by atoms with E-state index < -0.39 is 6.04 Å². The van der Waals surface area contributed by atoms with Gasteiger partial charge in [-0.15, -0.1) is 0 Å². The lowest BCUT2D eigenvalue weighted by Crippen LogP contribution is -2.49. The molecular formula is C26H23N3O3. The first-order chi connectivity index (χ1) is 15.5. The number of anilines is 1. The molecule has 1 aliphatic rings. The number of hydrogen-bond donors (Lipinski definition) is 2. The monoisotopic (exact) mass is 425 g/mol. The van der Waals surface area contributed by atoms with Crippen LogP contribution < -0.4 is 15.0 Å². The molecule has 0 fully saturated rings. The summed E-state index contributed by atoms with van der Waals surface area (Å²) >= 11 is 0. The van der Waals surface area contributed by atoms with Crippen LogP contribution in [-0.2, 0) is 4.79 Å². The number of amides is 2. The fourth-order valence-corrected chi connectivity index (χ4v) is 4.16. The van der Waals surface area contributed by atoms with Gasteiger partial charge in [0, 0.05) is 35.3 Å². The van der Waals surface area contributed by atoms with Gasteiger partial charge in [-0.25, -0.2) is 0 Å². The summed E-state index contributed by atoms with van der Waals surface area (Å²) in [4.78, 5) is 30.8. The molecule has 4 aromatic rings. The topological polar surface area (TPSA) is 74.4 Å². The van der Waals surface area contributed by atoms with Gasteiger partial charge in [-0.1, -0.05) is 36.4 Å². The van der Waals surface area contributed by atoms with Crippen LogP contribution >= 0.6 is 0 Å². The second-order valence-electron chi connectivity index (χ2n) is 7.98. The number of fused-ring (bicyclic) bond motifs is 2. The van der Waals surface area contributed by atoms with E-state index in [0.29, 0.717) is 17.0 Å². The fraction of sp³-hybridized carbons (Fsp3) is 0.154. The number of aromatic amines is 1. The molecule has 5 rings (SSSR count). The zero-order valence-corrected chi connectivity index (χ0v) is 17.9. The molecule has 160 valence electrons. The van der Waals surface area contributed by atoms with E-state index in [-0.39, 0.29) is 18.4 Å². The van der Waals surface area contributed by atoms with E-state index in [0.717, 1.165) is 27.6 Å². The molecule has 2 heterocycles. The maximum Gasteiger partial charge on any atom is 0.252 e. The Kier molecular flexibility index (Phi) is 4.90. The maximum absolute atomic E-state index is 13.1. The van der Waals surface area contributed by atoms with Gasteiger partial charge in [0.2, 0.25) is 0 Å². The zero-order chi connectivity index (χ0) is 22.2. The average molecular weight is 425 g/mol. The number of hydrogen-bond acceptors (Lipinski definition) is 3. The van der Waals surface area contributed by atoms with Crippen LogP contribution in [0.2, 0.25) is 0 Å². The summed E-state index contributed by atoms with van der Waals surface area (Å²) in [7, 11) is 1.69. The third kappa shape index (κ3) is 3.39. The number of carbonyl (C=O) groups excluding carboxylic acids is 2. The number of H-pyrrole nitrogens is 1. The summed E-state index contributed by atoms with van der Waals surface area (Å²) in [6.07, 6.45) is 1.96. The van der Waals surface area contributed by atoms with Gasteiger partial charge in [0.05, 0.1) is 5.69 Å². The van der Waals surface area contributed by atoms with Crippen molar-refractivity contribution < 1.29 is 14.3 Å². The van der Waals surface area contributed by atoms with E-state index >= 15 is 0 Å². The number of rotatable bonds is 3. The molecule has 0 radical (unpaired) electrons. The van der Waals surface area contributed by atoms with Crippen LogP contribution in [0.3, 0.4) is 0 Å². The van der Waals surface area contributed by atoms with Crippen LogP contribution in [-0.4, -0.2) is 36.5 Å². The number of aromatic nitrogens is 1. The lowest BCUT2D eigenvalue weighted by molar-refractivity contribution is -0.120. The highest BCUT2D eigenvalue weighted by Gasteiger charge is 2.30. The van der Waals surface area contributed by atoms with E-state index in [1.165, 1.54) is 4.90 Å². The molecule has 32 heavy (non-hydrogen) atoms. The van der Waals surface area contributed by atoms with Gasteiger partial charge in [0.15, 0.2) is 0 Å². The quantitative estimate of drug-likeness (QED) is 0.514. The van der Waals surface area contributed by atoms with E-state index in [4.69, 9.17) is 4.74 Å². The first kappa shape index (κ1) is 19.9. The highest BCUT2D eigenvalue weighted by atomic mass is 16.5. The molecule has 2 N–H and O–H groups in total. The van der Waals surface area contributed by atoms with Crippen LogP contribution in [0.15, 0.2) is 72.9 Å². The molecule has 0 bridgehead atoms. The van der Waals surface area contributed by atoms with Crippen molar-refractivity contribution in [3.63, 3.8) is 0 Å². The number of para-hydroxylation sites is 2. The van der Waals surface area contributed by atoms with E-state index in [1.54, 1.807) is 13.1 Å². The predicted molar refractivity (Wildman–Crippen MR) is 125 cm³/mol. The van der Waals surface area contributed by atoms with Crippen molar-refractivity contribution in [1.82, 2.24) is 10.3 Å². The van der Waals surface area contributed by atoms with Crippen LogP contribution in [0, 0.1) is 6.92 Å². The molecule has 0 aliphatic carbocycles. The summed E-state index contributed by atoms with van der Waals surface area (Å²) in [5.41, 5.74) is 5.44. The summed E-state index contributed by atoms with van der Waals surface area (Å²) in [6, 6.07) is 20.2. The van der Waals surface area contributed by atoms with Crippen LogP contribution in [0.4, 0.5) is 5.69 Å². The van der Waals surface area contributed by atoms with Gasteiger partial charge >= 0.3 is 0 Å². The third-order valence-corrected chi connectivity index (χ3v) is 5.95. The summed E-state index contributed by atoms with van der Waals surface area (Å²) in [6.45, 7) is 2.14. The number of nitrogens with zero attached hydrogens (tertiary/aromatic N) is 1. The van der Waals surface area contributed by atoms with Gasteiger partial charge in [0.25, 0.3) is 11.8 Å². The first-order valence-electron chi connectivity index (χ1n) is 10.5. The molecule has 6 nitrogen and oxygen atoms in total. The number of benzene rings is 3. The van der Waals surface area contributed by atoms with Crippen LogP contribution in [0.5, 0.6) is 5.75 Å². The number of likely N-dealkylation sites (N-methyl/N-ethyl adjacent to an activating group) is 1. The van der Waals surface area contributed by atoms with Crippen molar-refractivity contribution in [3.8, 4) is 16.9 Å². The molecule has 0 saturated carbocycles. The van der Waals surface area contributed by atoms with Crippen molar-refractivity contribution >= 4 is 28.4 Å². The molecule has 0 saturated heterocycles. The molecular weight excluding hydrogens is 402 g/mol. The average Bonchev–Trinajstić information content (AvgIpc) is 3.19. The normalized spacial score (nSPS) is 15.8. The van der Waals surface area contributed by atoms with Crippen molar-refractivity contribution in [2.75, 3.05) is 18.6 Å². The molecule has 1 aromatic heterocycles. The summed E-state index contributed by atoms with van der Waals surface area (Å²) in [5.74, 6) is 0.0912. The van der Waals surface area contributed by atoms with Gasteiger partial charge in [-0.05, 0) is 48.4 Å². The Balaban J connectivity index is 1.43. The lowest BCUT2D eigenvalue weighted by atomic mass is 9.99. The molecule has 1 aliphatic heterocycles. The second-order valence-corrected chi connectivity index (χ2v) is 7.98. The third-order valence-electron chi connectivity index (χ3n) is 5.95. The minimum Gasteiger partial charge on any atom is -0.489 e. The minimum absolute atomic E-state index is 0.0762. The second kappa shape index (κ2) is 7.89. The Morgan fingerprint density at radius 1 is 1.06 bits per heavy atom. The van der Waals surface area contributed by atoms with Crippen molar-refractivity contribution in [1.29, 1.82) is 0 Å². The van der Waals surface area contributed by atoms with E-state index in [1.807, 2.05) is 54.7 Å². The number of nitrogens with one attached hydrogen (secondary N) is 2. The number of aryl methyl sites for hydroxylation is 1. The Hall–Kier alpha value is -4.06. The Labute approximate surface area is 185 Å². The highest BCUT2D eigenvalue weighted by molar-refractivity contribution is 6.06. The fourth-order valence-electron chi connectivity index (χ4n) is 4.16. The van der Waals surface area contributed by atoms with Gasteiger partial charge < -0.3 is 19.9 Å². The molecule has 1 atom stereocenters. The van der Waals surface area contributed by atoms with Crippen molar-refractivity contribution in [2.24, 2.45) is 0 Å². The predicted octanol–water partition coefficient (Wildman–Crippen LogP) is 4.30. The number of ether oxygens (including phenoxy) is 1. The van der Waals surface area contributed by atoms with E-state index in [2.05, 4.69) is 29.4 Å². The molecule has 3 aromatic carbocycles. The lowest BCUT2D eigenvalue weighted by Gasteiger charge is -2.20. The Morgan fingerprint density at radius 3 is 2.69 bits per heavy atom. The standard InChI is InChI=1S/C26H23N3O3/c1-16-7-3-4-8-18(16)20-14-27-21-12-11-17(13-19(20)21)25(30)28-22-15-32-24-10-6-5-9-23(24)29(2)26(22)31/h3-14,22,27H,15H2,1-2H3,(H,28,30)/t22-/m0/s1. The first-order valence-corrected chi connectivity index (χ1v) is 10.5. The Bertz CT molecular complexity index is 1340. The smallest absolute Gasteiger partial charge is 0.252 e. The summed E-state index contributed by atoms with van der Waals surface area (Å²) in [5, 5.41) is 3.81. The van der Waals surface area contributed by atoms with Crippen LogP contribution in [0.25, 0.3) is 22.0 Å². The van der Waals surface area contributed by atoms with Crippen molar-refractivity contribution in [3.05, 3.63) is 84.1 Å². The van der Waals surface area contributed by atoms with Crippen LogP contribution in [0.1, 0.15) is 15.9 Å².